The maximum Gasteiger partial charge on any atom is 0.338 e. The number of carboxylic acid groups (broad SMARTS) is 1. The van der Waals surface area contributed by atoms with Crippen molar-refractivity contribution in [2.75, 3.05) is 31.2 Å². The van der Waals surface area contributed by atoms with Crippen LogP contribution in [0.1, 0.15) is 23.5 Å². The average Bonchev–Trinajstić information content (AvgIpc) is 3.35. The highest BCUT2D eigenvalue weighted by Crippen LogP contribution is 2.37. The molecule has 14 heteroatoms. The van der Waals surface area contributed by atoms with Gasteiger partial charge < -0.3 is 15.2 Å². The molecule has 0 unspecified atom stereocenters. The number of nitrogens with zero attached hydrogens (tertiary/aromatic N) is 3. The number of hydrogen-bond donors (Lipinski definition) is 2. The molecule has 0 aliphatic carbocycles. The maximum absolute atomic E-state index is 13.8. The zero-order chi connectivity index (χ0) is 26.0. The number of aliphatic carboxylic acids is 1. The molecular weight excluding hydrogens is 535 g/mol. The maximum atomic E-state index is 13.8. The van der Waals surface area contributed by atoms with Gasteiger partial charge in [0.1, 0.15) is 17.9 Å². The second-order valence-corrected chi connectivity index (χ2v) is 11.6. The van der Waals surface area contributed by atoms with Gasteiger partial charge in [-0.3, -0.25) is 14.7 Å². The fraction of sp³-hybridized carbons (Fsp3) is 0.364. The number of benzene rings is 1. The number of carboxylic acids is 1. The molecule has 192 valence electrons. The molecule has 1 saturated heterocycles. The molecule has 1 fully saturated rings. The van der Waals surface area contributed by atoms with Gasteiger partial charge in [-0.15, -0.1) is 11.3 Å². The first-order chi connectivity index (χ1) is 17.1. The summed E-state index contributed by atoms with van der Waals surface area (Å²) in [5.41, 5.74) is 0.665. The Morgan fingerprint density at radius 3 is 2.81 bits per heavy atom. The summed E-state index contributed by atoms with van der Waals surface area (Å²) in [5.74, 6) is -3.05. The van der Waals surface area contributed by atoms with Crippen LogP contribution in [0.25, 0.3) is 0 Å². The van der Waals surface area contributed by atoms with Gasteiger partial charge in [0.25, 0.3) is 0 Å². The Bertz CT molecular complexity index is 1350. The highest BCUT2D eigenvalue weighted by Gasteiger charge is 2.39. The van der Waals surface area contributed by atoms with Crippen molar-refractivity contribution in [3.8, 4) is 0 Å². The Morgan fingerprint density at radius 2 is 2.17 bits per heavy atom. The first kappa shape index (κ1) is 26.2. The van der Waals surface area contributed by atoms with Crippen LogP contribution in [0, 0.1) is 5.82 Å². The third-order valence-corrected chi connectivity index (χ3v) is 8.44. The average molecular weight is 557 g/mol. The van der Waals surface area contributed by atoms with Crippen LogP contribution in [-0.2, 0) is 24.2 Å². The molecule has 4 rings (SSSR count). The van der Waals surface area contributed by atoms with E-state index in [9.17, 15) is 27.5 Å². The van der Waals surface area contributed by atoms with Gasteiger partial charge in [0.05, 0.1) is 23.7 Å². The number of carbonyl (C=O) groups is 2. The van der Waals surface area contributed by atoms with Crippen LogP contribution in [0.3, 0.4) is 0 Å². The number of ether oxygens (including phenoxy) is 1. The van der Waals surface area contributed by atoms with E-state index < -0.39 is 45.4 Å². The normalized spacial score (nSPS) is 22.0. The molecule has 10 nitrogen and oxygen atoms in total. The van der Waals surface area contributed by atoms with Gasteiger partial charge in [0.15, 0.2) is 20.7 Å². The number of halogens is 2. The number of rotatable bonds is 7. The number of esters is 1. The molecule has 0 amide bonds. The number of amidine groups is 1. The topological polar surface area (TPSA) is 138 Å². The lowest BCUT2D eigenvalue weighted by Gasteiger charge is -2.35. The van der Waals surface area contributed by atoms with E-state index in [-0.39, 0.29) is 41.7 Å². The third-order valence-electron chi connectivity index (χ3n) is 5.70. The summed E-state index contributed by atoms with van der Waals surface area (Å²) in [4.78, 5) is 35.5. The summed E-state index contributed by atoms with van der Waals surface area (Å²) in [7, 11) is -3.53. The lowest BCUT2D eigenvalue weighted by Crippen LogP contribution is -2.54. The van der Waals surface area contributed by atoms with Crippen molar-refractivity contribution in [3.63, 3.8) is 0 Å². The summed E-state index contributed by atoms with van der Waals surface area (Å²) in [6.45, 7) is 1.53. The molecule has 0 bridgehead atoms. The van der Waals surface area contributed by atoms with Gasteiger partial charge in [-0.25, -0.2) is 22.6 Å². The van der Waals surface area contributed by atoms with E-state index in [1.165, 1.54) is 28.4 Å². The van der Waals surface area contributed by atoms with Crippen LogP contribution in [0.2, 0.25) is 5.02 Å². The molecule has 0 spiro atoms. The molecule has 2 atom stereocenters. The number of sulfone groups is 1. The Kier molecular flexibility index (Phi) is 7.73. The van der Waals surface area contributed by atoms with Crippen LogP contribution in [0.5, 0.6) is 0 Å². The van der Waals surface area contributed by atoms with E-state index in [0.717, 1.165) is 6.07 Å². The molecule has 0 saturated carbocycles. The summed E-state index contributed by atoms with van der Waals surface area (Å²) >= 11 is 7.63. The standard InChI is InChI=1S/C22H22ClFN4O6S2/c1-2-34-22(31)17-15(10-28-6-8-36(32,33)11-16(28)21(29)30)26-19(20-25-5-7-35-20)27-18(17)13-4-3-12(24)9-14(13)23/h3-5,7,9,16,18H,2,6,8,10-11H2,1H3,(H,26,27)(H,29,30)/t16-,18-/m0/s1. The first-order valence-corrected chi connectivity index (χ1v) is 13.9. The Labute approximate surface area is 215 Å². The van der Waals surface area contributed by atoms with Crippen LogP contribution in [0.4, 0.5) is 4.39 Å². The third kappa shape index (κ3) is 5.59. The molecular formula is C22H22ClFN4O6S2. The van der Waals surface area contributed by atoms with Crippen molar-refractivity contribution in [3.05, 3.63) is 62.5 Å². The minimum absolute atomic E-state index is 0.0396. The van der Waals surface area contributed by atoms with Crippen molar-refractivity contribution in [2.45, 2.75) is 19.0 Å². The number of carbonyl (C=O) groups excluding carboxylic acids is 1. The number of thiazole rings is 1. The predicted molar refractivity (Wildman–Crippen MR) is 131 cm³/mol. The van der Waals surface area contributed by atoms with E-state index in [1.54, 1.807) is 18.5 Å². The van der Waals surface area contributed by atoms with Gasteiger partial charge in [-0.05, 0) is 19.1 Å². The minimum Gasteiger partial charge on any atom is -0.480 e. The molecule has 36 heavy (non-hydrogen) atoms. The zero-order valence-corrected chi connectivity index (χ0v) is 21.4. The van der Waals surface area contributed by atoms with Gasteiger partial charge >= 0.3 is 11.9 Å². The van der Waals surface area contributed by atoms with Crippen molar-refractivity contribution in [1.82, 2.24) is 15.2 Å². The number of aromatic nitrogens is 1. The predicted octanol–water partition coefficient (Wildman–Crippen LogP) is 2.03. The smallest absolute Gasteiger partial charge is 0.338 e. The quantitative estimate of drug-likeness (QED) is 0.490. The molecule has 2 aliphatic rings. The van der Waals surface area contributed by atoms with Gasteiger partial charge in [-0.1, -0.05) is 17.7 Å². The number of aliphatic imine (C=N–C) groups is 1. The Morgan fingerprint density at radius 1 is 1.39 bits per heavy atom. The van der Waals surface area contributed by atoms with Crippen LogP contribution < -0.4 is 5.32 Å². The molecule has 0 radical (unpaired) electrons. The fourth-order valence-corrected chi connectivity index (χ4v) is 6.40. The second kappa shape index (κ2) is 10.6. The van der Waals surface area contributed by atoms with E-state index >= 15 is 0 Å². The summed E-state index contributed by atoms with van der Waals surface area (Å²) < 4.78 is 43.3. The lowest BCUT2D eigenvalue weighted by atomic mass is 9.95. The van der Waals surface area contributed by atoms with Crippen molar-refractivity contribution in [1.29, 1.82) is 0 Å². The zero-order valence-electron chi connectivity index (χ0n) is 19.0. The Hall–Kier alpha value is -2.87. The van der Waals surface area contributed by atoms with Crippen LogP contribution in [0.15, 0.2) is 46.0 Å². The van der Waals surface area contributed by atoms with E-state index in [0.29, 0.717) is 16.4 Å². The van der Waals surface area contributed by atoms with E-state index in [4.69, 9.17) is 16.3 Å². The molecule has 3 heterocycles. The highest BCUT2D eigenvalue weighted by atomic mass is 35.5. The SMILES string of the molecule is CCOC(=O)C1=C(CN2CCS(=O)(=O)C[C@H]2C(=O)O)NC(c2nccs2)=N[C@H]1c1ccc(F)cc1Cl. The summed E-state index contributed by atoms with van der Waals surface area (Å²) in [6, 6.07) is 1.40. The number of nitrogens with one attached hydrogen (secondary N) is 1. The van der Waals surface area contributed by atoms with Crippen LogP contribution in [-0.4, -0.2) is 78.4 Å². The number of hydrogen-bond acceptors (Lipinski definition) is 10. The van der Waals surface area contributed by atoms with E-state index in [1.807, 2.05) is 0 Å². The second-order valence-electron chi connectivity index (χ2n) is 8.06. The van der Waals surface area contributed by atoms with Gasteiger partial charge in [0.2, 0.25) is 0 Å². The molecule has 2 aromatic rings. The van der Waals surface area contributed by atoms with Crippen molar-refractivity contribution < 1.29 is 32.2 Å². The van der Waals surface area contributed by atoms with Crippen LogP contribution >= 0.6 is 22.9 Å². The largest absolute Gasteiger partial charge is 0.480 e. The molecule has 2 N–H and O–H groups in total. The van der Waals surface area contributed by atoms with Gasteiger partial charge in [-0.2, -0.15) is 0 Å². The molecule has 1 aromatic carbocycles. The monoisotopic (exact) mass is 556 g/mol. The fourth-order valence-electron chi connectivity index (χ4n) is 4.03. The molecule has 2 aliphatic heterocycles. The first-order valence-electron chi connectivity index (χ1n) is 10.9. The summed E-state index contributed by atoms with van der Waals surface area (Å²) in [6.07, 6.45) is 1.57. The Balaban J connectivity index is 1.84. The lowest BCUT2D eigenvalue weighted by molar-refractivity contribution is -0.142. The highest BCUT2D eigenvalue weighted by molar-refractivity contribution is 7.91. The van der Waals surface area contributed by atoms with E-state index in [2.05, 4.69) is 15.3 Å². The van der Waals surface area contributed by atoms with Gasteiger partial charge in [0, 0.05) is 40.9 Å². The summed E-state index contributed by atoms with van der Waals surface area (Å²) in [5, 5.41) is 15.1. The van der Waals surface area contributed by atoms with Crippen molar-refractivity contribution >= 4 is 50.5 Å². The molecule has 1 aromatic heterocycles. The van der Waals surface area contributed by atoms with Crippen molar-refractivity contribution in [2.24, 2.45) is 4.99 Å². The minimum atomic E-state index is -3.53.